The highest BCUT2D eigenvalue weighted by Gasteiger charge is 2.24. The minimum atomic E-state index is -0.0656. The van der Waals surface area contributed by atoms with E-state index in [1.54, 1.807) is 4.52 Å². The fraction of sp³-hybridized carbons (Fsp3) is 0.562. The Hall–Kier alpha value is -1.95. The van der Waals surface area contributed by atoms with Gasteiger partial charge in [0.05, 0.1) is 5.69 Å². The summed E-state index contributed by atoms with van der Waals surface area (Å²) in [6.45, 7) is 8.86. The number of amides is 1. The van der Waals surface area contributed by atoms with Gasteiger partial charge in [-0.2, -0.15) is 5.10 Å². The van der Waals surface area contributed by atoms with Crippen LogP contribution in [-0.4, -0.2) is 39.1 Å². The van der Waals surface area contributed by atoms with Crippen molar-refractivity contribution in [2.24, 2.45) is 0 Å². The first-order valence-corrected chi connectivity index (χ1v) is 7.83. The average molecular weight is 301 g/mol. The van der Waals surface area contributed by atoms with Crippen molar-refractivity contribution in [1.29, 1.82) is 0 Å². The van der Waals surface area contributed by atoms with Gasteiger partial charge in [0.25, 0.3) is 5.91 Å². The van der Waals surface area contributed by atoms with Crippen LogP contribution in [0, 0.1) is 20.8 Å². The predicted octanol–water partition coefficient (Wildman–Crippen LogP) is 1.52. The van der Waals surface area contributed by atoms with Crippen LogP contribution in [0.15, 0.2) is 6.07 Å². The van der Waals surface area contributed by atoms with E-state index in [4.69, 9.17) is 0 Å². The van der Waals surface area contributed by atoms with Crippen LogP contribution in [0.1, 0.15) is 47.2 Å². The molecule has 0 saturated carbocycles. The number of hydrogen-bond acceptors (Lipinski definition) is 4. The van der Waals surface area contributed by atoms with E-state index in [0.717, 1.165) is 36.5 Å². The Bertz CT molecular complexity index is 721. The quantitative estimate of drug-likeness (QED) is 0.882. The zero-order valence-corrected chi connectivity index (χ0v) is 13.6. The number of nitrogens with one attached hydrogen (secondary N) is 2. The van der Waals surface area contributed by atoms with Crippen molar-refractivity contribution in [3.8, 4) is 0 Å². The van der Waals surface area contributed by atoms with Crippen LogP contribution in [0.5, 0.6) is 0 Å². The lowest BCUT2D eigenvalue weighted by molar-refractivity contribution is 0.0926. The van der Waals surface area contributed by atoms with Crippen LogP contribution in [0.2, 0.25) is 0 Å². The summed E-state index contributed by atoms with van der Waals surface area (Å²) in [5, 5.41) is 11.0. The summed E-state index contributed by atoms with van der Waals surface area (Å²) in [5.74, 6) is -0.0656. The fourth-order valence-corrected chi connectivity index (χ4v) is 3.21. The van der Waals surface area contributed by atoms with Gasteiger partial charge in [0.2, 0.25) is 0 Å². The molecule has 0 aliphatic carbocycles. The first kappa shape index (κ1) is 15.0. The first-order valence-electron chi connectivity index (χ1n) is 7.83. The zero-order valence-electron chi connectivity index (χ0n) is 13.6. The van der Waals surface area contributed by atoms with Gasteiger partial charge < -0.3 is 10.6 Å². The molecular weight excluding hydrogens is 278 g/mol. The molecule has 1 amide bonds. The van der Waals surface area contributed by atoms with Gasteiger partial charge in [-0.3, -0.25) is 4.79 Å². The van der Waals surface area contributed by atoms with E-state index in [2.05, 4.69) is 27.6 Å². The molecule has 0 radical (unpaired) electrons. The third-order valence-corrected chi connectivity index (χ3v) is 4.26. The molecular formula is C16H23N5O. The lowest BCUT2D eigenvalue weighted by atomic mass is 10.0. The fourth-order valence-electron chi connectivity index (χ4n) is 3.21. The summed E-state index contributed by atoms with van der Waals surface area (Å²) in [6.07, 6.45) is 1.91. The van der Waals surface area contributed by atoms with Gasteiger partial charge in [0, 0.05) is 23.5 Å². The second kappa shape index (κ2) is 5.68. The number of aromatic nitrogens is 3. The van der Waals surface area contributed by atoms with Gasteiger partial charge in [0.1, 0.15) is 5.56 Å². The van der Waals surface area contributed by atoms with Crippen LogP contribution in [0.25, 0.3) is 5.65 Å². The third-order valence-electron chi connectivity index (χ3n) is 4.26. The molecule has 2 aromatic rings. The molecule has 0 aromatic carbocycles. The SMILES string of the molecule is Cc1cc(C)n2nc(C)c(C(=O)NC3CCNC(C)C3)c2n1. The minimum Gasteiger partial charge on any atom is -0.349 e. The summed E-state index contributed by atoms with van der Waals surface area (Å²) < 4.78 is 1.75. The van der Waals surface area contributed by atoms with Crippen LogP contribution in [0.4, 0.5) is 0 Å². The Balaban J connectivity index is 1.92. The second-order valence-electron chi connectivity index (χ2n) is 6.28. The Labute approximate surface area is 130 Å². The van der Waals surface area contributed by atoms with Crippen LogP contribution in [0.3, 0.4) is 0 Å². The molecule has 118 valence electrons. The molecule has 6 heteroatoms. The maximum Gasteiger partial charge on any atom is 0.257 e. The first-order chi connectivity index (χ1) is 10.5. The van der Waals surface area contributed by atoms with Gasteiger partial charge in [0.15, 0.2) is 5.65 Å². The lowest BCUT2D eigenvalue weighted by Gasteiger charge is -2.28. The van der Waals surface area contributed by atoms with E-state index in [1.165, 1.54) is 0 Å². The number of nitrogens with zero attached hydrogens (tertiary/aromatic N) is 3. The van der Waals surface area contributed by atoms with E-state index in [0.29, 0.717) is 17.3 Å². The van der Waals surface area contributed by atoms with Crippen molar-refractivity contribution in [2.45, 2.75) is 52.6 Å². The Kier molecular flexibility index (Phi) is 3.87. The number of piperidine rings is 1. The van der Waals surface area contributed by atoms with Crippen LogP contribution in [-0.2, 0) is 0 Å². The van der Waals surface area contributed by atoms with Crippen LogP contribution >= 0.6 is 0 Å². The molecule has 3 rings (SSSR count). The van der Waals surface area contributed by atoms with Crippen molar-refractivity contribution >= 4 is 11.6 Å². The number of hydrogen-bond donors (Lipinski definition) is 2. The predicted molar refractivity (Wildman–Crippen MR) is 85.2 cm³/mol. The number of rotatable bonds is 2. The molecule has 3 heterocycles. The standard InChI is InChI=1S/C16H23N5O/c1-9-8-13(5-6-17-9)19-16(22)14-12(4)20-21-11(3)7-10(2)18-15(14)21/h7,9,13,17H,5-6,8H2,1-4H3,(H,19,22). The summed E-state index contributed by atoms with van der Waals surface area (Å²) in [4.78, 5) is 17.2. The highest BCUT2D eigenvalue weighted by atomic mass is 16.1. The third kappa shape index (κ3) is 2.70. The normalized spacial score (nSPS) is 22.0. The van der Waals surface area contributed by atoms with Gasteiger partial charge >= 0.3 is 0 Å². The Morgan fingerprint density at radius 1 is 1.41 bits per heavy atom. The largest absolute Gasteiger partial charge is 0.349 e. The molecule has 22 heavy (non-hydrogen) atoms. The maximum atomic E-state index is 12.7. The second-order valence-corrected chi connectivity index (χ2v) is 6.28. The molecule has 2 aromatic heterocycles. The maximum absolute atomic E-state index is 12.7. The lowest BCUT2D eigenvalue weighted by Crippen LogP contribution is -2.46. The van der Waals surface area contributed by atoms with Gasteiger partial charge in [-0.1, -0.05) is 0 Å². The van der Waals surface area contributed by atoms with E-state index in [1.807, 2.05) is 26.8 Å². The summed E-state index contributed by atoms with van der Waals surface area (Å²) in [6, 6.07) is 2.62. The van der Waals surface area contributed by atoms with Gasteiger partial charge in [-0.25, -0.2) is 9.50 Å². The smallest absolute Gasteiger partial charge is 0.257 e. The summed E-state index contributed by atoms with van der Waals surface area (Å²) in [7, 11) is 0. The molecule has 1 aliphatic rings. The van der Waals surface area contributed by atoms with Crippen molar-refractivity contribution in [3.63, 3.8) is 0 Å². The van der Waals surface area contributed by atoms with Crippen molar-refractivity contribution in [1.82, 2.24) is 25.2 Å². The molecule has 1 fully saturated rings. The number of carbonyl (C=O) groups excluding carboxylic acids is 1. The van der Waals surface area contributed by atoms with Gasteiger partial charge in [-0.05, 0) is 53.1 Å². The monoisotopic (exact) mass is 301 g/mol. The van der Waals surface area contributed by atoms with E-state index in [-0.39, 0.29) is 11.9 Å². The summed E-state index contributed by atoms with van der Waals surface area (Å²) >= 11 is 0. The minimum absolute atomic E-state index is 0.0656. The van der Waals surface area contributed by atoms with Gasteiger partial charge in [-0.15, -0.1) is 0 Å². The average Bonchev–Trinajstić information content (AvgIpc) is 2.75. The Morgan fingerprint density at radius 3 is 2.91 bits per heavy atom. The molecule has 1 saturated heterocycles. The number of carbonyl (C=O) groups is 1. The Morgan fingerprint density at radius 2 is 2.18 bits per heavy atom. The highest BCUT2D eigenvalue weighted by Crippen LogP contribution is 2.17. The topological polar surface area (TPSA) is 71.3 Å². The van der Waals surface area contributed by atoms with E-state index >= 15 is 0 Å². The van der Waals surface area contributed by atoms with Crippen molar-refractivity contribution in [3.05, 3.63) is 28.7 Å². The highest BCUT2D eigenvalue weighted by molar-refractivity contribution is 6.01. The molecule has 1 aliphatic heterocycles. The van der Waals surface area contributed by atoms with E-state index < -0.39 is 0 Å². The number of aryl methyl sites for hydroxylation is 3. The van der Waals surface area contributed by atoms with Crippen LogP contribution < -0.4 is 10.6 Å². The van der Waals surface area contributed by atoms with E-state index in [9.17, 15) is 4.79 Å². The molecule has 2 unspecified atom stereocenters. The molecule has 2 atom stereocenters. The molecule has 6 nitrogen and oxygen atoms in total. The molecule has 0 bridgehead atoms. The van der Waals surface area contributed by atoms with Crippen molar-refractivity contribution < 1.29 is 4.79 Å². The molecule has 0 spiro atoms. The number of fused-ring (bicyclic) bond motifs is 1. The summed E-state index contributed by atoms with van der Waals surface area (Å²) in [5.41, 5.74) is 3.85. The van der Waals surface area contributed by atoms with Crippen molar-refractivity contribution in [2.75, 3.05) is 6.54 Å². The molecule has 2 N–H and O–H groups in total. The zero-order chi connectivity index (χ0) is 15.9.